The summed E-state index contributed by atoms with van der Waals surface area (Å²) in [6, 6.07) is 6.13. The van der Waals surface area contributed by atoms with Gasteiger partial charge in [0.1, 0.15) is 15.6 Å². The van der Waals surface area contributed by atoms with Gasteiger partial charge in [-0.1, -0.05) is 6.07 Å². The number of sulfonamides is 2. The van der Waals surface area contributed by atoms with E-state index < -0.39 is 35.9 Å². The molecule has 6 N–H and O–H groups in total. The van der Waals surface area contributed by atoms with Crippen molar-refractivity contribution in [3.63, 3.8) is 0 Å². The molecule has 2 aliphatic rings. The van der Waals surface area contributed by atoms with Crippen molar-refractivity contribution < 1.29 is 21.9 Å². The molecular formula is C21H27N9O5S2. The number of aliphatic hydroxyl groups is 1. The molecular weight excluding hydrogens is 522 g/mol. The first-order valence-electron chi connectivity index (χ1n) is 11.7. The van der Waals surface area contributed by atoms with Crippen LogP contribution in [0, 0.1) is 0 Å². The van der Waals surface area contributed by atoms with Gasteiger partial charge in [-0.05, 0) is 60.0 Å². The minimum absolute atomic E-state index is 0.0581. The third-order valence-electron chi connectivity index (χ3n) is 6.39. The van der Waals surface area contributed by atoms with E-state index >= 15 is 0 Å². The number of benzene rings is 1. The Kier molecular flexibility index (Phi) is 6.95. The van der Waals surface area contributed by atoms with Gasteiger partial charge in [0, 0.05) is 37.9 Å². The van der Waals surface area contributed by atoms with Crippen LogP contribution >= 0.6 is 0 Å². The molecule has 1 saturated heterocycles. The number of pyridine rings is 1. The number of nitrogens with one attached hydrogen (secondary N) is 3. The molecule has 1 aromatic carbocycles. The van der Waals surface area contributed by atoms with Gasteiger partial charge in [-0.2, -0.15) is 0 Å². The third kappa shape index (κ3) is 5.07. The van der Waals surface area contributed by atoms with Gasteiger partial charge in [0.2, 0.25) is 20.0 Å². The van der Waals surface area contributed by atoms with Gasteiger partial charge in [0.25, 0.3) is 0 Å². The van der Waals surface area contributed by atoms with Crippen LogP contribution in [-0.2, 0) is 32.9 Å². The standard InChI is InChI=1S/C21H27N9O5S2/c22-36(32,33)19-17(37(34,35)27-15-7-9-23-12-15)6-5-16(18(19)20-25-28-29-26-20)30-10-1-2-13-3-4-14(8-11-31)24-21(13)30/h3-6,15,23,27,31H,1-2,7-12H2,(H2,22,32,33)(H,25,26,28,29)/t15-/m1/s1. The van der Waals surface area contributed by atoms with Gasteiger partial charge in [-0.15, -0.1) is 5.10 Å². The molecule has 16 heteroatoms. The first-order valence-corrected chi connectivity index (χ1v) is 14.8. The molecule has 2 aliphatic heterocycles. The number of primary sulfonamides is 1. The molecule has 0 radical (unpaired) electrons. The van der Waals surface area contributed by atoms with E-state index in [0.29, 0.717) is 49.7 Å². The largest absolute Gasteiger partial charge is 0.396 e. The summed E-state index contributed by atoms with van der Waals surface area (Å²) in [5.41, 5.74) is 1.86. The molecule has 198 valence electrons. The lowest BCUT2D eigenvalue weighted by Gasteiger charge is -2.32. The van der Waals surface area contributed by atoms with Crippen LogP contribution in [0.25, 0.3) is 11.4 Å². The minimum Gasteiger partial charge on any atom is -0.396 e. The average molecular weight is 550 g/mol. The van der Waals surface area contributed by atoms with E-state index in [2.05, 4.69) is 30.7 Å². The van der Waals surface area contributed by atoms with Crippen molar-refractivity contribution in [3.8, 4) is 11.4 Å². The maximum absolute atomic E-state index is 13.4. The Morgan fingerprint density at radius 3 is 2.70 bits per heavy atom. The normalized spacial score (nSPS) is 18.2. The quantitative estimate of drug-likeness (QED) is 0.234. The van der Waals surface area contributed by atoms with Gasteiger partial charge in [-0.3, -0.25) is 0 Å². The summed E-state index contributed by atoms with van der Waals surface area (Å²) in [5, 5.41) is 31.7. The van der Waals surface area contributed by atoms with Crippen LogP contribution < -0.4 is 20.1 Å². The maximum atomic E-state index is 13.4. The van der Waals surface area contributed by atoms with Crippen LogP contribution in [0.5, 0.6) is 0 Å². The van der Waals surface area contributed by atoms with Crippen molar-refractivity contribution in [2.75, 3.05) is 31.1 Å². The fraction of sp³-hybridized carbons (Fsp3) is 0.429. The zero-order chi connectivity index (χ0) is 26.2. The number of nitrogens with two attached hydrogens (primary N) is 1. The molecule has 1 atom stereocenters. The lowest BCUT2D eigenvalue weighted by molar-refractivity contribution is 0.298. The first kappa shape index (κ1) is 25.6. The molecule has 3 aromatic rings. The first-order chi connectivity index (χ1) is 17.7. The number of H-pyrrole nitrogens is 1. The van der Waals surface area contributed by atoms with Gasteiger partial charge in [0.05, 0.1) is 11.3 Å². The number of aromatic nitrogens is 5. The monoisotopic (exact) mass is 549 g/mol. The Morgan fingerprint density at radius 1 is 1.19 bits per heavy atom. The van der Waals surface area contributed by atoms with Crippen LogP contribution in [0.15, 0.2) is 34.1 Å². The lowest BCUT2D eigenvalue weighted by Crippen LogP contribution is -2.37. The van der Waals surface area contributed by atoms with E-state index in [9.17, 15) is 21.9 Å². The number of aliphatic hydroxyl groups excluding tert-OH is 1. The number of aryl methyl sites for hydroxylation is 1. The van der Waals surface area contributed by atoms with E-state index in [-0.39, 0.29) is 18.0 Å². The van der Waals surface area contributed by atoms with Gasteiger partial charge in [-0.25, -0.2) is 36.8 Å². The Bertz CT molecular complexity index is 1510. The molecule has 1 fully saturated rings. The molecule has 0 spiro atoms. The van der Waals surface area contributed by atoms with Crippen molar-refractivity contribution in [1.82, 2.24) is 35.6 Å². The molecule has 0 aliphatic carbocycles. The highest BCUT2D eigenvalue weighted by Crippen LogP contribution is 2.42. The Hall–Kier alpha value is -3.02. The third-order valence-corrected chi connectivity index (χ3v) is 9.08. The molecule has 37 heavy (non-hydrogen) atoms. The number of tetrazole rings is 1. The Balaban J connectivity index is 1.74. The van der Waals surface area contributed by atoms with Crippen molar-refractivity contribution in [3.05, 3.63) is 35.5 Å². The summed E-state index contributed by atoms with van der Waals surface area (Å²) < 4.78 is 55.4. The summed E-state index contributed by atoms with van der Waals surface area (Å²) in [4.78, 5) is 5.40. The summed E-state index contributed by atoms with van der Waals surface area (Å²) in [6.07, 6.45) is 2.41. The average Bonchev–Trinajstić information content (AvgIpc) is 3.57. The fourth-order valence-electron chi connectivity index (χ4n) is 4.77. The van der Waals surface area contributed by atoms with Crippen molar-refractivity contribution >= 4 is 31.6 Å². The minimum atomic E-state index is -4.59. The van der Waals surface area contributed by atoms with Gasteiger partial charge in [0.15, 0.2) is 5.82 Å². The molecule has 4 heterocycles. The van der Waals surface area contributed by atoms with E-state index in [1.54, 1.807) is 4.90 Å². The SMILES string of the molecule is NS(=O)(=O)c1c(S(=O)(=O)N[C@@H]2CCNC2)ccc(N2CCCc3ccc(CCO)nc32)c1-c1nnn[nH]1. The predicted molar refractivity (Wildman–Crippen MR) is 133 cm³/mol. The van der Waals surface area contributed by atoms with Crippen LogP contribution in [0.2, 0.25) is 0 Å². The smallest absolute Gasteiger partial charge is 0.242 e. The summed E-state index contributed by atoms with van der Waals surface area (Å²) in [7, 11) is -8.88. The van der Waals surface area contributed by atoms with E-state index in [1.807, 2.05) is 12.1 Å². The highest BCUT2D eigenvalue weighted by atomic mass is 32.2. The fourth-order valence-corrected chi connectivity index (χ4v) is 7.64. The number of aromatic amines is 1. The number of hydrogen-bond acceptors (Lipinski definition) is 11. The van der Waals surface area contributed by atoms with E-state index in [0.717, 1.165) is 18.4 Å². The molecule has 5 rings (SSSR count). The molecule has 14 nitrogen and oxygen atoms in total. The lowest BCUT2D eigenvalue weighted by atomic mass is 10.0. The molecule has 0 saturated carbocycles. The van der Waals surface area contributed by atoms with Gasteiger partial charge >= 0.3 is 0 Å². The number of hydrogen-bond donors (Lipinski definition) is 5. The molecule has 0 bridgehead atoms. The zero-order valence-corrected chi connectivity index (χ0v) is 21.4. The van der Waals surface area contributed by atoms with E-state index in [4.69, 9.17) is 10.1 Å². The Morgan fingerprint density at radius 2 is 2.03 bits per heavy atom. The second kappa shape index (κ2) is 10.0. The Labute approximate surface area is 213 Å². The van der Waals surface area contributed by atoms with Crippen molar-refractivity contribution in [1.29, 1.82) is 0 Å². The van der Waals surface area contributed by atoms with Crippen LogP contribution in [-0.4, -0.2) is 79.8 Å². The topological polar surface area (TPSA) is 209 Å². The van der Waals surface area contributed by atoms with E-state index in [1.165, 1.54) is 12.1 Å². The molecule has 0 unspecified atom stereocenters. The zero-order valence-electron chi connectivity index (χ0n) is 19.8. The highest BCUT2D eigenvalue weighted by Gasteiger charge is 2.35. The number of nitrogens with zero attached hydrogens (tertiary/aromatic N) is 5. The van der Waals surface area contributed by atoms with Crippen molar-refractivity contribution in [2.45, 2.75) is 41.5 Å². The van der Waals surface area contributed by atoms with Crippen LogP contribution in [0.3, 0.4) is 0 Å². The second-order valence-electron chi connectivity index (χ2n) is 8.91. The summed E-state index contributed by atoms with van der Waals surface area (Å²) >= 11 is 0. The van der Waals surface area contributed by atoms with Crippen LogP contribution in [0.4, 0.5) is 11.5 Å². The summed E-state index contributed by atoms with van der Waals surface area (Å²) in [6.45, 7) is 1.46. The maximum Gasteiger partial charge on any atom is 0.242 e. The molecule has 0 amide bonds. The number of anilines is 2. The molecule has 2 aromatic heterocycles. The summed E-state index contributed by atoms with van der Waals surface area (Å²) in [5.74, 6) is 0.523. The van der Waals surface area contributed by atoms with Crippen LogP contribution in [0.1, 0.15) is 24.1 Å². The predicted octanol–water partition coefficient (Wildman–Crippen LogP) is -0.832. The number of fused-ring (bicyclic) bond motifs is 1. The number of rotatable bonds is 8. The van der Waals surface area contributed by atoms with Gasteiger partial charge < -0.3 is 15.3 Å². The van der Waals surface area contributed by atoms with Crippen molar-refractivity contribution in [2.24, 2.45) is 5.14 Å². The second-order valence-corrected chi connectivity index (χ2v) is 12.1. The highest BCUT2D eigenvalue weighted by molar-refractivity contribution is 7.92.